The van der Waals surface area contributed by atoms with E-state index >= 15 is 0 Å². The summed E-state index contributed by atoms with van der Waals surface area (Å²) in [5, 5.41) is 15.6. The Labute approximate surface area is 310 Å². The highest BCUT2D eigenvalue weighted by molar-refractivity contribution is 5.96. The Morgan fingerprint density at radius 2 is 1.85 bits per heavy atom. The van der Waals surface area contributed by atoms with E-state index in [1.807, 2.05) is 30.4 Å². The van der Waals surface area contributed by atoms with Gasteiger partial charge in [0.05, 0.1) is 19.8 Å². The van der Waals surface area contributed by atoms with Crippen LogP contribution in [0.2, 0.25) is 0 Å². The van der Waals surface area contributed by atoms with Crippen LogP contribution >= 0.6 is 0 Å². The summed E-state index contributed by atoms with van der Waals surface area (Å²) in [6.45, 7) is 10.3. The third-order valence-electron chi connectivity index (χ3n) is 10.5. The van der Waals surface area contributed by atoms with Crippen LogP contribution in [0.15, 0.2) is 30.4 Å². The van der Waals surface area contributed by atoms with Gasteiger partial charge in [-0.1, -0.05) is 31.1 Å². The molecule has 1 aromatic rings. The first-order valence-corrected chi connectivity index (χ1v) is 18.8. The number of carbonyl (C=O) groups is 5. The molecule has 1 unspecified atom stereocenters. The zero-order valence-electron chi connectivity index (χ0n) is 31.0. The monoisotopic (exact) mass is 739 g/mol. The molecule has 3 fully saturated rings. The van der Waals surface area contributed by atoms with Crippen LogP contribution in [0.25, 0.3) is 0 Å². The summed E-state index contributed by atoms with van der Waals surface area (Å²) in [4.78, 5) is 72.1. The maximum absolute atomic E-state index is 14.2. The van der Waals surface area contributed by atoms with Crippen LogP contribution in [0.4, 0.5) is 9.59 Å². The largest absolute Gasteiger partial charge is 0.492 e. The number of fused-ring (bicyclic) bond motifs is 3. The van der Waals surface area contributed by atoms with E-state index in [4.69, 9.17) is 18.9 Å². The summed E-state index contributed by atoms with van der Waals surface area (Å²) in [6.07, 6.45) is 5.06. The number of morpholine rings is 1. The molecule has 53 heavy (non-hydrogen) atoms. The van der Waals surface area contributed by atoms with Crippen molar-refractivity contribution in [2.75, 3.05) is 46.0 Å². The number of hydrogen-bond donors (Lipinski definition) is 3. The number of nitrogens with zero attached hydrogens (tertiary/aromatic N) is 3. The van der Waals surface area contributed by atoms with Crippen LogP contribution in [-0.2, 0) is 41.7 Å². The number of hydrogen-bond acceptors (Lipinski definition) is 10. The van der Waals surface area contributed by atoms with Crippen LogP contribution in [0, 0.1) is 5.92 Å². The van der Waals surface area contributed by atoms with Gasteiger partial charge in [-0.25, -0.2) is 14.4 Å². The first-order chi connectivity index (χ1) is 25.3. The van der Waals surface area contributed by atoms with Gasteiger partial charge < -0.3 is 39.6 Å². The van der Waals surface area contributed by atoms with Gasteiger partial charge in [-0.2, -0.15) is 0 Å². The predicted octanol–water partition coefficient (Wildman–Crippen LogP) is 3.19. The van der Waals surface area contributed by atoms with Crippen LogP contribution < -0.4 is 15.4 Å². The summed E-state index contributed by atoms with van der Waals surface area (Å²) in [5.74, 6) is -1.96. The summed E-state index contributed by atoms with van der Waals surface area (Å²) >= 11 is 0. The minimum atomic E-state index is -1.47. The molecule has 1 saturated carbocycles. The molecule has 5 aliphatic rings. The van der Waals surface area contributed by atoms with E-state index in [1.54, 1.807) is 25.7 Å². The van der Waals surface area contributed by atoms with Crippen molar-refractivity contribution in [2.45, 2.75) is 108 Å². The van der Waals surface area contributed by atoms with Gasteiger partial charge in [0, 0.05) is 45.1 Å². The number of ether oxygens (including phenoxy) is 4. The second kappa shape index (κ2) is 16.3. The predicted molar refractivity (Wildman–Crippen MR) is 191 cm³/mol. The molecule has 15 nitrogen and oxygen atoms in total. The molecule has 6 rings (SSSR count). The Bertz CT molecular complexity index is 1570. The Kier molecular flexibility index (Phi) is 11.8. The molecule has 1 aliphatic carbocycles. The topological polar surface area (TPSA) is 176 Å². The third-order valence-corrected chi connectivity index (χ3v) is 10.5. The zero-order valence-corrected chi connectivity index (χ0v) is 31.0. The molecule has 4 heterocycles. The van der Waals surface area contributed by atoms with Crippen molar-refractivity contribution in [3.8, 4) is 5.75 Å². The fourth-order valence-electron chi connectivity index (χ4n) is 7.52. The molecule has 0 aromatic heterocycles. The molecule has 4 amide bonds. The third kappa shape index (κ3) is 9.60. The SMILES string of the molecule is CC(C)(C)OC(=O)N[C@H]1CCCCC/C=C\[C@@H]2C[C@@]2(C(=O)O)NC(=O)C2C[C@@H](OC(=O)N3Cc4ccc(OCCN5CCOCC5)cc4C3)CN2C1=O. The van der Waals surface area contributed by atoms with E-state index in [0.29, 0.717) is 32.5 Å². The van der Waals surface area contributed by atoms with Crippen LogP contribution in [0.5, 0.6) is 5.75 Å². The minimum Gasteiger partial charge on any atom is -0.492 e. The number of allylic oxidation sites excluding steroid dienone is 1. The number of carboxylic acids is 1. The Hall–Kier alpha value is -4.37. The summed E-state index contributed by atoms with van der Waals surface area (Å²) in [7, 11) is 0. The van der Waals surface area contributed by atoms with E-state index in [-0.39, 0.29) is 25.3 Å². The molecular formula is C38H53N5O10. The Balaban J connectivity index is 1.13. The summed E-state index contributed by atoms with van der Waals surface area (Å²) < 4.78 is 22.8. The summed E-state index contributed by atoms with van der Waals surface area (Å²) in [5.41, 5.74) is -0.354. The second-order valence-corrected chi connectivity index (χ2v) is 15.7. The lowest BCUT2D eigenvalue weighted by Gasteiger charge is -2.30. The molecule has 1 aromatic carbocycles. The van der Waals surface area contributed by atoms with Crippen molar-refractivity contribution in [2.24, 2.45) is 5.92 Å². The van der Waals surface area contributed by atoms with Gasteiger partial charge in [-0.3, -0.25) is 19.4 Å². The normalized spacial score (nSPS) is 28.7. The number of benzene rings is 1. The fraction of sp³-hybridized carbons (Fsp3) is 0.658. The molecular weight excluding hydrogens is 686 g/mol. The minimum absolute atomic E-state index is 0.0272. The quantitative estimate of drug-likeness (QED) is 0.350. The number of alkyl carbamates (subject to hydrolysis) is 1. The average molecular weight is 740 g/mol. The number of carboxylic acid groups (broad SMARTS) is 1. The molecule has 4 aliphatic heterocycles. The molecule has 5 atom stereocenters. The van der Waals surface area contributed by atoms with Gasteiger partial charge in [-0.05, 0) is 69.7 Å². The van der Waals surface area contributed by atoms with E-state index in [2.05, 4.69) is 15.5 Å². The van der Waals surface area contributed by atoms with Gasteiger partial charge in [-0.15, -0.1) is 0 Å². The number of rotatable bonds is 7. The lowest BCUT2D eigenvalue weighted by Crippen LogP contribution is -2.56. The zero-order chi connectivity index (χ0) is 37.8. The van der Waals surface area contributed by atoms with Gasteiger partial charge in [0.1, 0.15) is 41.7 Å². The van der Waals surface area contributed by atoms with Crippen molar-refractivity contribution in [1.29, 1.82) is 0 Å². The van der Waals surface area contributed by atoms with Crippen molar-refractivity contribution >= 4 is 30.0 Å². The summed E-state index contributed by atoms with van der Waals surface area (Å²) in [6, 6.07) is 3.65. The molecule has 0 radical (unpaired) electrons. The first kappa shape index (κ1) is 38.4. The van der Waals surface area contributed by atoms with Gasteiger partial charge in [0.2, 0.25) is 11.8 Å². The molecule has 3 N–H and O–H groups in total. The first-order valence-electron chi connectivity index (χ1n) is 18.8. The highest BCUT2D eigenvalue weighted by Gasteiger charge is 2.61. The average Bonchev–Trinajstić information content (AvgIpc) is 3.41. The van der Waals surface area contributed by atoms with Crippen molar-refractivity contribution in [3.63, 3.8) is 0 Å². The molecule has 15 heteroatoms. The molecule has 290 valence electrons. The standard InChI is InChI=1S/C38H53N5O10/c1-37(2,3)53-35(48)39-30-10-8-6-4-5-7-9-27-21-38(27,34(46)47)40-32(44)31-20-29(24-43(31)33(30)45)52-36(49)42-22-25-11-12-28(19-26(25)23-42)51-18-15-41-13-16-50-17-14-41/h7,9,11-12,19,27,29-31H,4-6,8,10,13-18,20-24H2,1-3H3,(H,39,48)(H,40,44)(H,46,47)/b9-7-/t27-,29-,30+,31?,38-/m1/s1. The second-order valence-electron chi connectivity index (χ2n) is 15.7. The van der Waals surface area contributed by atoms with Crippen molar-refractivity contribution < 1.29 is 48.0 Å². The van der Waals surface area contributed by atoms with Crippen LogP contribution in [-0.4, -0.2) is 125 Å². The highest BCUT2D eigenvalue weighted by atomic mass is 16.6. The number of carbonyl (C=O) groups excluding carboxylic acids is 4. The number of amides is 4. The van der Waals surface area contributed by atoms with Gasteiger partial charge in [0.15, 0.2) is 0 Å². The Morgan fingerprint density at radius 3 is 2.60 bits per heavy atom. The van der Waals surface area contributed by atoms with E-state index in [9.17, 15) is 29.1 Å². The van der Waals surface area contributed by atoms with Crippen LogP contribution in [0.1, 0.15) is 76.8 Å². The molecule has 2 saturated heterocycles. The number of aliphatic carboxylic acids is 1. The lowest BCUT2D eigenvalue weighted by atomic mass is 10.0. The van der Waals surface area contributed by atoms with Crippen molar-refractivity contribution in [3.05, 3.63) is 41.5 Å². The van der Waals surface area contributed by atoms with E-state index in [0.717, 1.165) is 69.0 Å². The molecule has 0 bridgehead atoms. The van der Waals surface area contributed by atoms with Gasteiger partial charge in [0.25, 0.3) is 0 Å². The molecule has 0 spiro atoms. The number of nitrogens with one attached hydrogen (secondary N) is 2. The smallest absolute Gasteiger partial charge is 0.410 e. The fourth-order valence-corrected chi connectivity index (χ4v) is 7.52. The van der Waals surface area contributed by atoms with Crippen LogP contribution in [0.3, 0.4) is 0 Å². The van der Waals surface area contributed by atoms with Gasteiger partial charge >= 0.3 is 18.2 Å². The van der Waals surface area contributed by atoms with Crippen molar-refractivity contribution in [1.82, 2.24) is 25.3 Å². The van der Waals surface area contributed by atoms with E-state index in [1.165, 1.54) is 4.90 Å². The maximum atomic E-state index is 14.2. The Morgan fingerprint density at radius 1 is 1.08 bits per heavy atom. The lowest BCUT2D eigenvalue weighted by molar-refractivity contribution is -0.145. The highest BCUT2D eigenvalue weighted by Crippen LogP contribution is 2.45. The maximum Gasteiger partial charge on any atom is 0.410 e. The van der Waals surface area contributed by atoms with E-state index < -0.39 is 59.3 Å².